The fourth-order valence-electron chi connectivity index (χ4n) is 0.845. The van der Waals surface area contributed by atoms with E-state index in [4.69, 9.17) is 4.42 Å². The number of carbonyl (C=O) groups excluding carboxylic acids is 2. The molecule has 2 heterocycles. The minimum Gasteiger partial charge on any atom is -0.446 e. The number of furan rings is 1. The molecule has 5 heteroatoms. The van der Waals surface area contributed by atoms with Crippen LogP contribution in [-0.4, -0.2) is 11.9 Å². The lowest BCUT2D eigenvalue weighted by Gasteiger charge is -2.07. The molecule has 0 aromatic carbocycles. The normalized spacial score (nSPS) is 15.3. The third-order valence-electron chi connectivity index (χ3n) is 1.31. The average Bonchev–Trinajstić information content (AvgIpc) is 2.34. The predicted octanol–water partition coefficient (Wildman–Crippen LogP) is 0.379. The third kappa shape index (κ3) is 0.778. The molecule has 3 amide bonds. The van der Waals surface area contributed by atoms with Gasteiger partial charge in [-0.2, -0.15) is 5.32 Å². The Labute approximate surface area is 61.4 Å². The monoisotopic (exact) mass is 151 g/mol. The zero-order valence-corrected chi connectivity index (χ0v) is 5.33. The van der Waals surface area contributed by atoms with Crippen molar-refractivity contribution in [3.8, 4) is 0 Å². The molecule has 0 spiro atoms. The number of carbonyl (C=O) groups is 2. The molecule has 0 atom stereocenters. The van der Waals surface area contributed by atoms with Gasteiger partial charge in [-0.1, -0.05) is 0 Å². The van der Waals surface area contributed by atoms with E-state index < -0.39 is 11.9 Å². The third-order valence-corrected chi connectivity index (χ3v) is 1.31. The molecule has 11 heavy (non-hydrogen) atoms. The second-order valence-electron chi connectivity index (χ2n) is 2.01. The molecular formula is C6H3N2O3. The number of nitrogens with zero attached hydrogens (tertiary/aromatic N) is 1. The second kappa shape index (κ2) is 1.85. The summed E-state index contributed by atoms with van der Waals surface area (Å²) in [5.74, 6) is -0.382. The van der Waals surface area contributed by atoms with E-state index in [0.717, 1.165) is 0 Å². The lowest BCUT2D eigenvalue weighted by Crippen LogP contribution is -2.38. The van der Waals surface area contributed by atoms with E-state index in [2.05, 4.69) is 5.32 Å². The summed E-state index contributed by atoms with van der Waals surface area (Å²) in [6, 6.07) is 0.776. The molecule has 0 bridgehead atoms. The van der Waals surface area contributed by atoms with Gasteiger partial charge >= 0.3 is 6.03 Å². The minimum absolute atomic E-state index is 0.0822. The van der Waals surface area contributed by atoms with Crippen molar-refractivity contribution in [3.05, 3.63) is 17.9 Å². The molecule has 0 aliphatic carbocycles. The van der Waals surface area contributed by atoms with Gasteiger partial charge in [-0.25, -0.2) is 4.79 Å². The highest BCUT2D eigenvalue weighted by molar-refractivity contribution is 6.10. The van der Waals surface area contributed by atoms with Crippen LogP contribution in [0, 0.1) is 0 Å². The second-order valence-corrected chi connectivity index (χ2v) is 2.01. The Bertz CT molecular complexity index is 328. The number of nitrogens with one attached hydrogen (secondary N) is 1. The summed E-state index contributed by atoms with van der Waals surface area (Å²) in [7, 11) is 0. The molecule has 0 saturated carbocycles. The molecule has 0 fully saturated rings. The van der Waals surface area contributed by atoms with Crippen LogP contribution in [0.25, 0.3) is 0 Å². The van der Waals surface area contributed by atoms with Gasteiger partial charge in [-0.15, -0.1) is 0 Å². The molecule has 2 rings (SSSR count). The first-order chi connectivity index (χ1) is 5.27. The van der Waals surface area contributed by atoms with Gasteiger partial charge < -0.3 is 4.42 Å². The maximum Gasteiger partial charge on any atom is 0.351 e. The number of hydrogen-bond donors (Lipinski definition) is 1. The Morgan fingerprint density at radius 1 is 1.45 bits per heavy atom. The highest BCUT2D eigenvalue weighted by atomic mass is 16.3. The van der Waals surface area contributed by atoms with E-state index in [1.807, 2.05) is 5.32 Å². The zero-order valence-electron chi connectivity index (χ0n) is 5.33. The van der Waals surface area contributed by atoms with Crippen LogP contribution in [0.5, 0.6) is 0 Å². The summed E-state index contributed by atoms with van der Waals surface area (Å²) >= 11 is 0. The van der Waals surface area contributed by atoms with Crippen molar-refractivity contribution in [1.29, 1.82) is 0 Å². The van der Waals surface area contributed by atoms with Crippen molar-refractivity contribution in [1.82, 2.24) is 10.6 Å². The number of hydrogen-bond acceptors (Lipinski definition) is 3. The largest absolute Gasteiger partial charge is 0.446 e. The van der Waals surface area contributed by atoms with E-state index in [0.29, 0.717) is 5.56 Å². The van der Waals surface area contributed by atoms with E-state index in [9.17, 15) is 9.59 Å². The first kappa shape index (κ1) is 5.96. The van der Waals surface area contributed by atoms with Crippen molar-refractivity contribution in [2.24, 2.45) is 0 Å². The molecule has 1 N–H and O–H groups in total. The van der Waals surface area contributed by atoms with Gasteiger partial charge in [-0.3, -0.25) is 10.1 Å². The van der Waals surface area contributed by atoms with Gasteiger partial charge in [0.15, 0.2) is 0 Å². The molecule has 1 aromatic rings. The maximum absolute atomic E-state index is 10.9. The SMILES string of the molecule is O=C1[N]c2occc2C(=O)N1. The Balaban J connectivity index is 2.52. The summed E-state index contributed by atoms with van der Waals surface area (Å²) < 4.78 is 4.75. The molecule has 5 nitrogen and oxygen atoms in total. The van der Waals surface area contributed by atoms with Crippen LogP contribution in [0.15, 0.2) is 16.7 Å². The molecule has 1 aliphatic heterocycles. The van der Waals surface area contributed by atoms with Crippen LogP contribution in [-0.2, 0) is 0 Å². The number of imide groups is 1. The van der Waals surface area contributed by atoms with E-state index in [-0.39, 0.29) is 5.88 Å². The van der Waals surface area contributed by atoms with Gasteiger partial charge in [0, 0.05) is 0 Å². The summed E-state index contributed by atoms with van der Waals surface area (Å²) in [5, 5.41) is 5.44. The predicted molar refractivity (Wildman–Crippen MR) is 33.4 cm³/mol. The molecule has 1 aliphatic rings. The lowest BCUT2D eigenvalue weighted by atomic mass is 10.3. The molecule has 1 aromatic heterocycles. The Morgan fingerprint density at radius 3 is 3.09 bits per heavy atom. The Morgan fingerprint density at radius 2 is 2.27 bits per heavy atom. The van der Waals surface area contributed by atoms with E-state index >= 15 is 0 Å². The summed E-state index contributed by atoms with van der Waals surface area (Å²) in [6.45, 7) is 0. The van der Waals surface area contributed by atoms with Gasteiger partial charge in [-0.05, 0) is 6.07 Å². The topological polar surface area (TPSA) is 73.4 Å². The molecular weight excluding hydrogens is 148 g/mol. The quantitative estimate of drug-likeness (QED) is 0.582. The molecule has 0 saturated heterocycles. The van der Waals surface area contributed by atoms with Crippen molar-refractivity contribution >= 4 is 17.8 Å². The van der Waals surface area contributed by atoms with Gasteiger partial charge in [0.05, 0.1) is 6.26 Å². The average molecular weight is 151 g/mol. The van der Waals surface area contributed by atoms with Gasteiger partial charge in [0.2, 0.25) is 5.88 Å². The molecule has 55 valence electrons. The fourth-order valence-corrected chi connectivity index (χ4v) is 0.845. The minimum atomic E-state index is -0.683. The van der Waals surface area contributed by atoms with Crippen molar-refractivity contribution in [2.45, 2.75) is 0 Å². The Hall–Kier alpha value is -1.78. The van der Waals surface area contributed by atoms with Crippen LogP contribution in [0.3, 0.4) is 0 Å². The van der Waals surface area contributed by atoms with Gasteiger partial charge in [0.1, 0.15) is 5.56 Å². The van der Waals surface area contributed by atoms with Crippen molar-refractivity contribution in [2.75, 3.05) is 0 Å². The Kier molecular flexibility index (Phi) is 1.00. The van der Waals surface area contributed by atoms with E-state index in [1.54, 1.807) is 0 Å². The highest BCUT2D eigenvalue weighted by Crippen LogP contribution is 2.19. The summed E-state index contributed by atoms with van der Waals surface area (Å²) in [5.41, 5.74) is 0.296. The maximum atomic E-state index is 10.9. The van der Waals surface area contributed by atoms with Crippen LogP contribution in [0.2, 0.25) is 0 Å². The zero-order chi connectivity index (χ0) is 7.84. The highest BCUT2D eigenvalue weighted by Gasteiger charge is 2.25. The first-order valence-electron chi connectivity index (χ1n) is 2.92. The van der Waals surface area contributed by atoms with Crippen LogP contribution in [0.4, 0.5) is 10.7 Å². The van der Waals surface area contributed by atoms with E-state index in [1.165, 1.54) is 12.3 Å². The first-order valence-corrected chi connectivity index (χ1v) is 2.92. The fraction of sp³-hybridized carbons (Fsp3) is 0. The lowest BCUT2D eigenvalue weighted by molar-refractivity contribution is 0.0958. The van der Waals surface area contributed by atoms with Crippen LogP contribution in [0.1, 0.15) is 10.4 Å². The standard InChI is InChI=1S/C6H3N2O3/c9-4-3-1-2-11-5(3)8-6(10)7-4/h1-2H,(H,7,9,10). The molecule has 0 unspecified atom stereocenters. The summed E-state index contributed by atoms with van der Waals surface area (Å²) in [4.78, 5) is 21.5. The number of amides is 3. The van der Waals surface area contributed by atoms with Gasteiger partial charge in [0.25, 0.3) is 5.91 Å². The van der Waals surface area contributed by atoms with Crippen molar-refractivity contribution < 1.29 is 14.0 Å². The number of rotatable bonds is 0. The van der Waals surface area contributed by atoms with Crippen LogP contribution < -0.4 is 10.6 Å². The smallest absolute Gasteiger partial charge is 0.351 e. The summed E-state index contributed by atoms with van der Waals surface area (Å²) in [6.07, 6.45) is 1.31. The number of fused-ring (bicyclic) bond motifs is 1. The van der Waals surface area contributed by atoms with Crippen molar-refractivity contribution in [3.63, 3.8) is 0 Å². The molecule has 1 radical (unpaired) electrons. The number of urea groups is 1. The van der Waals surface area contributed by atoms with Crippen LogP contribution >= 0.6 is 0 Å².